The Morgan fingerprint density at radius 1 is 1.04 bits per heavy atom. The molecule has 0 unspecified atom stereocenters. The Hall–Kier alpha value is -3.15. The summed E-state index contributed by atoms with van der Waals surface area (Å²) in [6.07, 6.45) is 1.96. The van der Waals surface area contributed by atoms with Crippen LogP contribution in [0.25, 0.3) is 0 Å². The quantitative estimate of drug-likeness (QED) is 0.600. The summed E-state index contributed by atoms with van der Waals surface area (Å²) in [6, 6.07) is 14.0. The number of ether oxygens (including phenoxy) is 1. The molecule has 25 heavy (non-hydrogen) atoms. The van der Waals surface area contributed by atoms with Crippen LogP contribution in [0.5, 0.6) is 5.75 Å². The minimum absolute atomic E-state index is 0.0721. The Morgan fingerprint density at radius 3 is 2.32 bits per heavy atom. The summed E-state index contributed by atoms with van der Waals surface area (Å²) in [4.78, 5) is 23.3. The number of nitrogens with zero attached hydrogens (tertiary/aromatic N) is 1. The molecule has 0 spiro atoms. The van der Waals surface area contributed by atoms with Crippen molar-refractivity contribution in [1.82, 2.24) is 5.43 Å². The zero-order chi connectivity index (χ0) is 18.1. The zero-order valence-electron chi connectivity index (χ0n) is 14.3. The van der Waals surface area contributed by atoms with Crippen LogP contribution < -0.4 is 15.5 Å². The molecule has 0 bridgehead atoms. The van der Waals surface area contributed by atoms with E-state index >= 15 is 0 Å². The van der Waals surface area contributed by atoms with Crippen molar-refractivity contribution in [2.24, 2.45) is 5.10 Å². The number of carbonyl (C=O) groups excluding carboxylic acids is 2. The van der Waals surface area contributed by atoms with Crippen LogP contribution in [0.2, 0.25) is 0 Å². The first-order chi connectivity index (χ1) is 12.1. The van der Waals surface area contributed by atoms with E-state index in [2.05, 4.69) is 15.8 Å². The number of nitrogens with one attached hydrogen (secondary N) is 2. The number of hydrogen-bond acceptors (Lipinski definition) is 4. The molecular formula is C19H21N3O3. The maximum atomic E-state index is 12.0. The van der Waals surface area contributed by atoms with Gasteiger partial charge in [0.2, 0.25) is 5.91 Å². The van der Waals surface area contributed by atoms with Crippen molar-refractivity contribution in [3.8, 4) is 5.75 Å². The van der Waals surface area contributed by atoms with Crippen LogP contribution in [0, 0.1) is 0 Å². The Balaban J connectivity index is 1.89. The molecule has 0 heterocycles. The van der Waals surface area contributed by atoms with Crippen LogP contribution in [0.15, 0.2) is 53.6 Å². The highest BCUT2D eigenvalue weighted by Gasteiger charge is 2.05. The summed E-state index contributed by atoms with van der Waals surface area (Å²) in [7, 11) is 0. The molecule has 0 radical (unpaired) electrons. The zero-order valence-corrected chi connectivity index (χ0v) is 14.3. The first-order valence-electron chi connectivity index (χ1n) is 8.08. The van der Waals surface area contributed by atoms with Crippen molar-refractivity contribution in [3.05, 3.63) is 59.7 Å². The lowest BCUT2D eigenvalue weighted by Crippen LogP contribution is -2.17. The molecule has 2 aromatic rings. The van der Waals surface area contributed by atoms with Gasteiger partial charge in [-0.3, -0.25) is 9.59 Å². The van der Waals surface area contributed by atoms with Gasteiger partial charge in [-0.05, 0) is 61.0 Å². The predicted molar refractivity (Wildman–Crippen MR) is 98.0 cm³/mol. The number of hydrogen-bond donors (Lipinski definition) is 2. The average molecular weight is 339 g/mol. The lowest BCUT2D eigenvalue weighted by atomic mass is 10.2. The normalized spacial score (nSPS) is 10.5. The molecule has 0 aliphatic rings. The van der Waals surface area contributed by atoms with Crippen LogP contribution in [0.4, 0.5) is 5.69 Å². The van der Waals surface area contributed by atoms with Crippen LogP contribution in [-0.4, -0.2) is 24.6 Å². The highest BCUT2D eigenvalue weighted by atomic mass is 16.5. The number of rotatable bonds is 7. The van der Waals surface area contributed by atoms with Crippen LogP contribution in [0.1, 0.15) is 36.2 Å². The Bertz CT molecular complexity index is 738. The lowest BCUT2D eigenvalue weighted by molar-refractivity contribution is -0.115. The largest absolute Gasteiger partial charge is 0.494 e. The molecular weight excluding hydrogens is 318 g/mol. The third-order valence-electron chi connectivity index (χ3n) is 3.32. The summed E-state index contributed by atoms with van der Waals surface area (Å²) in [5.41, 5.74) is 4.43. The summed E-state index contributed by atoms with van der Waals surface area (Å²) >= 11 is 0. The van der Waals surface area contributed by atoms with Crippen molar-refractivity contribution in [1.29, 1.82) is 0 Å². The summed E-state index contributed by atoms with van der Waals surface area (Å²) in [5.74, 6) is 0.395. The summed E-state index contributed by atoms with van der Waals surface area (Å²) in [6.45, 7) is 4.32. The van der Waals surface area contributed by atoms with Crippen LogP contribution >= 0.6 is 0 Å². The third-order valence-corrected chi connectivity index (χ3v) is 3.32. The molecule has 0 aliphatic carbocycles. The molecule has 2 N–H and O–H groups in total. The van der Waals surface area contributed by atoms with Gasteiger partial charge in [-0.1, -0.05) is 6.92 Å². The van der Waals surface area contributed by atoms with E-state index in [0.29, 0.717) is 24.3 Å². The molecule has 0 saturated heterocycles. The number of anilines is 1. The molecule has 0 fully saturated rings. The highest BCUT2D eigenvalue weighted by molar-refractivity contribution is 5.96. The molecule has 6 heteroatoms. The van der Waals surface area contributed by atoms with Gasteiger partial charge in [0, 0.05) is 17.7 Å². The van der Waals surface area contributed by atoms with Crippen molar-refractivity contribution in [3.63, 3.8) is 0 Å². The SMILES string of the molecule is CCOc1ccc(/C=N\NC(=O)c2ccc(NC(=O)CC)cc2)cc1. The number of benzene rings is 2. The van der Waals surface area contributed by atoms with E-state index in [4.69, 9.17) is 4.74 Å². The van der Waals surface area contributed by atoms with E-state index in [1.807, 2.05) is 31.2 Å². The van der Waals surface area contributed by atoms with Gasteiger partial charge < -0.3 is 10.1 Å². The fourth-order valence-electron chi connectivity index (χ4n) is 2.00. The summed E-state index contributed by atoms with van der Waals surface area (Å²) < 4.78 is 5.36. The topological polar surface area (TPSA) is 79.8 Å². The smallest absolute Gasteiger partial charge is 0.271 e. The Morgan fingerprint density at radius 2 is 1.72 bits per heavy atom. The van der Waals surface area contributed by atoms with Gasteiger partial charge >= 0.3 is 0 Å². The second kappa shape index (κ2) is 9.22. The molecule has 6 nitrogen and oxygen atoms in total. The first-order valence-corrected chi connectivity index (χ1v) is 8.08. The van der Waals surface area contributed by atoms with Crippen molar-refractivity contribution < 1.29 is 14.3 Å². The highest BCUT2D eigenvalue weighted by Crippen LogP contribution is 2.11. The molecule has 0 aromatic heterocycles. The monoisotopic (exact) mass is 339 g/mol. The maximum Gasteiger partial charge on any atom is 0.271 e. The van der Waals surface area contributed by atoms with Gasteiger partial charge in [0.25, 0.3) is 5.91 Å². The molecule has 130 valence electrons. The minimum atomic E-state index is -0.324. The maximum absolute atomic E-state index is 12.0. The molecule has 2 rings (SSSR count). The molecule has 0 atom stereocenters. The molecule has 0 aliphatic heterocycles. The van der Waals surface area contributed by atoms with E-state index in [1.54, 1.807) is 37.4 Å². The standard InChI is InChI=1S/C19H21N3O3/c1-3-18(23)21-16-9-7-15(8-10-16)19(24)22-20-13-14-5-11-17(12-6-14)25-4-2/h5-13H,3-4H2,1-2H3,(H,21,23)(H,22,24)/b20-13-. The number of hydrazone groups is 1. The van der Waals surface area contributed by atoms with E-state index in [-0.39, 0.29) is 11.8 Å². The van der Waals surface area contributed by atoms with E-state index in [0.717, 1.165) is 11.3 Å². The van der Waals surface area contributed by atoms with Crippen molar-refractivity contribution >= 4 is 23.7 Å². The average Bonchev–Trinajstić information content (AvgIpc) is 2.64. The van der Waals surface area contributed by atoms with Gasteiger partial charge in [0.1, 0.15) is 5.75 Å². The van der Waals surface area contributed by atoms with Gasteiger partial charge in [-0.25, -0.2) is 5.43 Å². The molecule has 2 amide bonds. The Labute approximate surface area is 146 Å². The second-order valence-corrected chi connectivity index (χ2v) is 5.18. The van der Waals surface area contributed by atoms with E-state index < -0.39 is 0 Å². The fourth-order valence-corrected chi connectivity index (χ4v) is 2.00. The molecule has 0 saturated carbocycles. The van der Waals surface area contributed by atoms with Crippen molar-refractivity contribution in [2.45, 2.75) is 20.3 Å². The van der Waals surface area contributed by atoms with Gasteiger partial charge in [0.05, 0.1) is 12.8 Å². The first kappa shape index (κ1) is 18.2. The van der Waals surface area contributed by atoms with Gasteiger partial charge in [0.15, 0.2) is 0 Å². The fraction of sp³-hybridized carbons (Fsp3) is 0.211. The van der Waals surface area contributed by atoms with Crippen molar-refractivity contribution in [2.75, 3.05) is 11.9 Å². The number of amides is 2. The third kappa shape index (κ3) is 5.76. The van der Waals surface area contributed by atoms with E-state index in [9.17, 15) is 9.59 Å². The lowest BCUT2D eigenvalue weighted by Gasteiger charge is -2.05. The van der Waals surface area contributed by atoms with Crippen LogP contribution in [0.3, 0.4) is 0 Å². The predicted octanol–water partition coefficient (Wildman–Crippen LogP) is 3.20. The van der Waals surface area contributed by atoms with Gasteiger partial charge in [-0.2, -0.15) is 5.10 Å². The number of carbonyl (C=O) groups is 2. The van der Waals surface area contributed by atoms with Gasteiger partial charge in [-0.15, -0.1) is 0 Å². The summed E-state index contributed by atoms with van der Waals surface area (Å²) in [5, 5.41) is 6.67. The molecule has 2 aromatic carbocycles. The Kier molecular flexibility index (Phi) is 6.71. The minimum Gasteiger partial charge on any atom is -0.494 e. The van der Waals surface area contributed by atoms with Crippen LogP contribution in [-0.2, 0) is 4.79 Å². The second-order valence-electron chi connectivity index (χ2n) is 5.18. The van der Waals surface area contributed by atoms with E-state index in [1.165, 1.54) is 0 Å².